The van der Waals surface area contributed by atoms with Crippen molar-refractivity contribution in [1.29, 1.82) is 0 Å². The van der Waals surface area contributed by atoms with Crippen LogP contribution in [0.5, 0.6) is 0 Å². The summed E-state index contributed by atoms with van der Waals surface area (Å²) in [6.45, 7) is 0. The molecule has 0 spiro atoms. The van der Waals surface area contributed by atoms with Gasteiger partial charge in [-0.3, -0.25) is 0 Å². The SMILES string of the molecule is CN(c1ccccc1)c1ccc(C=NN(c2ccccc2)c2ccccc2)cc1. The van der Waals surface area contributed by atoms with Gasteiger partial charge in [0, 0.05) is 18.4 Å². The number of hydrogen-bond acceptors (Lipinski definition) is 3. The number of anilines is 4. The summed E-state index contributed by atoms with van der Waals surface area (Å²) in [5, 5.41) is 6.71. The molecule has 3 heteroatoms. The van der Waals surface area contributed by atoms with Crippen molar-refractivity contribution in [3.8, 4) is 0 Å². The van der Waals surface area contributed by atoms with Crippen molar-refractivity contribution in [2.45, 2.75) is 0 Å². The number of rotatable bonds is 6. The molecule has 29 heavy (non-hydrogen) atoms. The summed E-state index contributed by atoms with van der Waals surface area (Å²) in [7, 11) is 2.07. The van der Waals surface area contributed by atoms with Crippen LogP contribution in [0.2, 0.25) is 0 Å². The van der Waals surface area contributed by atoms with Crippen LogP contribution in [0.3, 0.4) is 0 Å². The first kappa shape index (κ1) is 18.5. The first-order valence-electron chi connectivity index (χ1n) is 9.64. The number of hydrazone groups is 1. The van der Waals surface area contributed by atoms with E-state index < -0.39 is 0 Å². The van der Waals surface area contributed by atoms with Crippen LogP contribution < -0.4 is 9.91 Å². The van der Waals surface area contributed by atoms with Gasteiger partial charge in [0.05, 0.1) is 17.6 Å². The third kappa shape index (κ3) is 4.53. The van der Waals surface area contributed by atoms with Crippen LogP contribution in [-0.4, -0.2) is 13.3 Å². The van der Waals surface area contributed by atoms with Crippen LogP contribution in [0.25, 0.3) is 0 Å². The Morgan fingerprint density at radius 3 is 1.41 bits per heavy atom. The molecule has 0 saturated carbocycles. The highest BCUT2D eigenvalue weighted by Gasteiger charge is 2.07. The lowest BCUT2D eigenvalue weighted by Crippen LogP contribution is -2.10. The summed E-state index contributed by atoms with van der Waals surface area (Å²) in [5.41, 5.74) is 5.39. The second-order valence-corrected chi connectivity index (χ2v) is 6.71. The molecular weight excluding hydrogens is 354 g/mol. The molecule has 0 saturated heterocycles. The van der Waals surface area contributed by atoms with Crippen LogP contribution in [0.1, 0.15) is 5.56 Å². The Morgan fingerprint density at radius 2 is 0.931 bits per heavy atom. The second kappa shape index (κ2) is 8.89. The Balaban J connectivity index is 1.56. The van der Waals surface area contributed by atoms with Crippen molar-refractivity contribution in [2.24, 2.45) is 5.10 Å². The minimum absolute atomic E-state index is 1.02. The molecule has 0 bridgehead atoms. The van der Waals surface area contributed by atoms with Crippen molar-refractivity contribution in [2.75, 3.05) is 17.0 Å². The molecule has 4 aromatic rings. The highest BCUT2D eigenvalue weighted by Crippen LogP contribution is 2.26. The molecule has 0 aliphatic heterocycles. The Morgan fingerprint density at radius 1 is 0.517 bits per heavy atom. The maximum Gasteiger partial charge on any atom is 0.0652 e. The zero-order valence-electron chi connectivity index (χ0n) is 16.4. The van der Waals surface area contributed by atoms with Crippen molar-refractivity contribution >= 4 is 29.0 Å². The van der Waals surface area contributed by atoms with Gasteiger partial charge in [-0.15, -0.1) is 0 Å². The van der Waals surface area contributed by atoms with Crippen molar-refractivity contribution < 1.29 is 0 Å². The average Bonchev–Trinajstić information content (AvgIpc) is 2.81. The zero-order valence-corrected chi connectivity index (χ0v) is 16.4. The lowest BCUT2D eigenvalue weighted by molar-refractivity contribution is 1.09. The Bertz CT molecular complexity index is 1000. The van der Waals surface area contributed by atoms with E-state index in [9.17, 15) is 0 Å². The van der Waals surface area contributed by atoms with Crippen molar-refractivity contribution in [3.05, 3.63) is 121 Å². The molecule has 0 heterocycles. The summed E-state index contributed by atoms with van der Waals surface area (Å²) < 4.78 is 0. The van der Waals surface area contributed by atoms with Gasteiger partial charge in [-0.05, 0) is 54.1 Å². The Kier molecular flexibility index (Phi) is 5.68. The van der Waals surface area contributed by atoms with Crippen LogP contribution >= 0.6 is 0 Å². The third-order valence-electron chi connectivity index (χ3n) is 4.75. The van der Waals surface area contributed by atoms with Crippen LogP contribution in [0, 0.1) is 0 Å². The lowest BCUT2D eigenvalue weighted by Gasteiger charge is -2.20. The fourth-order valence-corrected chi connectivity index (χ4v) is 3.13. The minimum atomic E-state index is 1.02. The van der Waals surface area contributed by atoms with E-state index >= 15 is 0 Å². The molecular formula is C26H23N3. The van der Waals surface area contributed by atoms with Gasteiger partial charge in [0.2, 0.25) is 0 Å². The third-order valence-corrected chi connectivity index (χ3v) is 4.75. The van der Waals surface area contributed by atoms with Gasteiger partial charge in [-0.2, -0.15) is 5.10 Å². The van der Waals surface area contributed by atoms with Crippen LogP contribution in [0.4, 0.5) is 22.7 Å². The standard InChI is InChI=1S/C26H23N3/c1-28(23-11-5-2-6-12-23)24-19-17-22(18-20-24)21-27-29(25-13-7-3-8-14-25)26-15-9-4-10-16-26/h2-21H,1H3. The first-order valence-corrected chi connectivity index (χ1v) is 9.64. The predicted molar refractivity (Wildman–Crippen MR) is 124 cm³/mol. The maximum absolute atomic E-state index is 4.76. The molecule has 4 rings (SSSR count). The number of para-hydroxylation sites is 3. The summed E-state index contributed by atoms with van der Waals surface area (Å²) in [6.07, 6.45) is 1.90. The molecule has 142 valence electrons. The van der Waals surface area contributed by atoms with Crippen molar-refractivity contribution in [1.82, 2.24) is 0 Å². The van der Waals surface area contributed by atoms with Gasteiger partial charge in [-0.1, -0.05) is 66.7 Å². The molecule has 0 fully saturated rings. The molecule has 0 aromatic heterocycles. The van der Waals surface area contributed by atoms with E-state index in [-0.39, 0.29) is 0 Å². The lowest BCUT2D eigenvalue weighted by atomic mass is 10.2. The first-order chi connectivity index (χ1) is 14.3. The van der Waals surface area contributed by atoms with E-state index in [2.05, 4.69) is 84.7 Å². The molecule has 0 aliphatic rings. The fraction of sp³-hybridized carbons (Fsp3) is 0.0385. The van der Waals surface area contributed by atoms with E-state index in [0.29, 0.717) is 0 Å². The van der Waals surface area contributed by atoms with Gasteiger partial charge < -0.3 is 4.90 Å². The molecule has 0 aliphatic carbocycles. The van der Waals surface area contributed by atoms with E-state index in [1.165, 1.54) is 0 Å². The molecule has 0 atom stereocenters. The Hall–Kier alpha value is -3.85. The highest BCUT2D eigenvalue weighted by atomic mass is 15.5. The van der Waals surface area contributed by atoms with E-state index in [4.69, 9.17) is 5.10 Å². The van der Waals surface area contributed by atoms with Crippen molar-refractivity contribution in [3.63, 3.8) is 0 Å². The molecule has 0 unspecified atom stereocenters. The smallest absolute Gasteiger partial charge is 0.0652 e. The monoisotopic (exact) mass is 377 g/mol. The summed E-state index contributed by atoms with van der Waals surface area (Å²) in [6, 6.07) is 39.1. The topological polar surface area (TPSA) is 18.8 Å². The Labute approximate surface area is 172 Å². The van der Waals surface area contributed by atoms with E-state index in [0.717, 1.165) is 28.3 Å². The average molecular weight is 377 g/mol. The minimum Gasteiger partial charge on any atom is -0.345 e. The van der Waals surface area contributed by atoms with Gasteiger partial charge in [-0.25, -0.2) is 5.01 Å². The molecule has 4 aromatic carbocycles. The summed E-state index contributed by atoms with van der Waals surface area (Å²) in [4.78, 5) is 2.17. The van der Waals surface area contributed by atoms with E-state index in [1.807, 2.05) is 53.7 Å². The summed E-state index contributed by atoms with van der Waals surface area (Å²) in [5.74, 6) is 0. The molecule has 0 amide bonds. The zero-order chi connectivity index (χ0) is 19.9. The quantitative estimate of drug-likeness (QED) is 0.277. The summed E-state index contributed by atoms with van der Waals surface area (Å²) >= 11 is 0. The number of hydrogen-bond donors (Lipinski definition) is 0. The molecule has 0 N–H and O–H groups in total. The van der Waals surface area contributed by atoms with Gasteiger partial charge >= 0.3 is 0 Å². The number of benzene rings is 4. The second-order valence-electron chi connectivity index (χ2n) is 6.71. The van der Waals surface area contributed by atoms with Gasteiger partial charge in [0.15, 0.2) is 0 Å². The normalized spacial score (nSPS) is 10.8. The largest absolute Gasteiger partial charge is 0.345 e. The van der Waals surface area contributed by atoms with Crippen LogP contribution in [-0.2, 0) is 0 Å². The van der Waals surface area contributed by atoms with Crippen LogP contribution in [0.15, 0.2) is 120 Å². The highest BCUT2D eigenvalue weighted by molar-refractivity contribution is 5.82. The van der Waals surface area contributed by atoms with Gasteiger partial charge in [0.25, 0.3) is 0 Å². The molecule has 0 radical (unpaired) electrons. The predicted octanol–water partition coefficient (Wildman–Crippen LogP) is 6.63. The molecule has 3 nitrogen and oxygen atoms in total. The fourth-order valence-electron chi connectivity index (χ4n) is 3.13. The number of nitrogens with zero attached hydrogens (tertiary/aromatic N) is 3. The maximum atomic E-state index is 4.76. The van der Waals surface area contributed by atoms with E-state index in [1.54, 1.807) is 0 Å². The van der Waals surface area contributed by atoms with Gasteiger partial charge in [0.1, 0.15) is 0 Å².